The van der Waals surface area contributed by atoms with E-state index in [4.69, 9.17) is 0 Å². The number of amides is 1. The third kappa shape index (κ3) is 4.19. The minimum Gasteiger partial charge on any atom is -0.334 e. The Labute approximate surface area is 158 Å². The molecule has 0 radical (unpaired) electrons. The molecular weight excluding hydrogens is 346 g/mol. The van der Waals surface area contributed by atoms with Crippen molar-refractivity contribution >= 4 is 5.91 Å². The summed E-state index contributed by atoms with van der Waals surface area (Å²) in [6.07, 6.45) is 3.06. The zero-order chi connectivity index (χ0) is 18.8. The summed E-state index contributed by atoms with van der Waals surface area (Å²) in [6.45, 7) is 4.30. The molecule has 5 heteroatoms. The number of rotatable bonds is 5. The average molecular weight is 370 g/mol. The number of nitrogens with zero attached hydrogens (tertiary/aromatic N) is 2. The molecular formula is C22H24F2N2O. The van der Waals surface area contributed by atoms with Crippen LogP contribution in [0.15, 0.2) is 42.5 Å². The number of hydrogen-bond donors (Lipinski definition) is 0. The molecule has 1 saturated heterocycles. The van der Waals surface area contributed by atoms with E-state index in [1.54, 1.807) is 6.07 Å². The monoisotopic (exact) mass is 370 g/mol. The van der Waals surface area contributed by atoms with Crippen LogP contribution in [0, 0.1) is 17.6 Å². The zero-order valence-corrected chi connectivity index (χ0v) is 15.3. The summed E-state index contributed by atoms with van der Waals surface area (Å²) in [4.78, 5) is 16.8. The quantitative estimate of drug-likeness (QED) is 0.798. The van der Waals surface area contributed by atoms with Gasteiger partial charge in [-0.25, -0.2) is 8.78 Å². The van der Waals surface area contributed by atoms with Gasteiger partial charge in [-0.15, -0.1) is 0 Å². The van der Waals surface area contributed by atoms with Crippen molar-refractivity contribution in [1.82, 2.24) is 9.80 Å². The van der Waals surface area contributed by atoms with E-state index in [1.165, 1.54) is 24.3 Å². The normalized spacial score (nSPS) is 18.1. The van der Waals surface area contributed by atoms with E-state index in [1.807, 2.05) is 17.0 Å². The van der Waals surface area contributed by atoms with Crippen LogP contribution in [0.1, 0.15) is 34.3 Å². The lowest BCUT2D eigenvalue weighted by molar-refractivity contribution is 0.0714. The summed E-state index contributed by atoms with van der Waals surface area (Å²) in [5, 5.41) is 0. The van der Waals surface area contributed by atoms with Crippen LogP contribution in [0.25, 0.3) is 0 Å². The van der Waals surface area contributed by atoms with Crippen molar-refractivity contribution in [3.05, 3.63) is 70.8 Å². The fraction of sp³-hybridized carbons (Fsp3) is 0.409. The molecule has 2 heterocycles. The predicted octanol–water partition coefficient (Wildman–Crippen LogP) is 3.88. The van der Waals surface area contributed by atoms with Gasteiger partial charge < -0.3 is 9.80 Å². The second-order valence-electron chi connectivity index (χ2n) is 7.65. The highest BCUT2D eigenvalue weighted by Crippen LogP contribution is 2.27. The highest BCUT2D eigenvalue weighted by atomic mass is 19.1. The van der Waals surface area contributed by atoms with Gasteiger partial charge in [0.2, 0.25) is 0 Å². The minimum atomic E-state index is -0.280. The van der Waals surface area contributed by atoms with Crippen LogP contribution in [-0.2, 0) is 13.0 Å². The Morgan fingerprint density at radius 3 is 2.41 bits per heavy atom. The van der Waals surface area contributed by atoms with Gasteiger partial charge in [-0.05, 0) is 79.7 Å². The number of fused-ring (bicyclic) bond motifs is 1. The molecule has 0 unspecified atom stereocenters. The van der Waals surface area contributed by atoms with Crippen LogP contribution in [0.4, 0.5) is 8.78 Å². The first-order valence-corrected chi connectivity index (χ1v) is 9.63. The smallest absolute Gasteiger partial charge is 0.254 e. The fourth-order valence-corrected chi connectivity index (χ4v) is 4.14. The third-order valence-electron chi connectivity index (χ3n) is 5.76. The van der Waals surface area contributed by atoms with E-state index in [9.17, 15) is 13.6 Å². The highest BCUT2D eigenvalue weighted by Gasteiger charge is 2.30. The Hall–Kier alpha value is -2.27. The summed E-state index contributed by atoms with van der Waals surface area (Å²) in [6, 6.07) is 11.2. The van der Waals surface area contributed by atoms with E-state index in [-0.39, 0.29) is 17.5 Å². The number of carbonyl (C=O) groups is 1. The Kier molecular flexibility index (Phi) is 5.21. The first kappa shape index (κ1) is 18.1. The molecule has 27 heavy (non-hydrogen) atoms. The second-order valence-corrected chi connectivity index (χ2v) is 7.65. The van der Waals surface area contributed by atoms with E-state index in [0.717, 1.165) is 56.6 Å². The molecule has 0 saturated carbocycles. The maximum Gasteiger partial charge on any atom is 0.254 e. The van der Waals surface area contributed by atoms with Gasteiger partial charge in [0.05, 0.1) is 0 Å². The van der Waals surface area contributed by atoms with Gasteiger partial charge >= 0.3 is 0 Å². The number of carbonyl (C=O) groups excluding carboxylic acids is 1. The Morgan fingerprint density at radius 1 is 0.963 bits per heavy atom. The van der Waals surface area contributed by atoms with E-state index in [2.05, 4.69) is 4.90 Å². The summed E-state index contributed by atoms with van der Waals surface area (Å²) in [7, 11) is 0. The molecule has 3 nitrogen and oxygen atoms in total. The molecule has 2 aliphatic heterocycles. The van der Waals surface area contributed by atoms with Crippen molar-refractivity contribution < 1.29 is 13.6 Å². The van der Waals surface area contributed by atoms with Crippen LogP contribution in [-0.4, -0.2) is 41.9 Å². The van der Waals surface area contributed by atoms with Crippen LogP contribution in [0.5, 0.6) is 0 Å². The van der Waals surface area contributed by atoms with Crippen LogP contribution in [0.2, 0.25) is 0 Å². The highest BCUT2D eigenvalue weighted by molar-refractivity contribution is 5.98. The van der Waals surface area contributed by atoms with Gasteiger partial charge in [0, 0.05) is 25.2 Å². The van der Waals surface area contributed by atoms with Gasteiger partial charge in [0.15, 0.2) is 0 Å². The van der Waals surface area contributed by atoms with Crippen LogP contribution < -0.4 is 0 Å². The molecule has 4 rings (SSSR count). The Morgan fingerprint density at radius 2 is 1.67 bits per heavy atom. The maximum absolute atomic E-state index is 13.4. The van der Waals surface area contributed by atoms with Crippen molar-refractivity contribution in [3.8, 4) is 0 Å². The summed E-state index contributed by atoms with van der Waals surface area (Å²) in [5.74, 6) is 0.0534. The van der Waals surface area contributed by atoms with Gasteiger partial charge in [-0.3, -0.25) is 4.79 Å². The Balaban J connectivity index is 1.24. The van der Waals surface area contributed by atoms with Crippen LogP contribution in [0.3, 0.4) is 0 Å². The summed E-state index contributed by atoms with van der Waals surface area (Å²) < 4.78 is 26.3. The molecule has 0 N–H and O–H groups in total. The molecule has 2 aliphatic rings. The van der Waals surface area contributed by atoms with Crippen molar-refractivity contribution in [3.63, 3.8) is 0 Å². The lowest BCUT2D eigenvalue weighted by Gasteiger charge is -2.33. The van der Waals surface area contributed by atoms with Crippen molar-refractivity contribution in [2.75, 3.05) is 26.2 Å². The van der Waals surface area contributed by atoms with Gasteiger partial charge in [0.25, 0.3) is 5.91 Å². The molecule has 0 aromatic heterocycles. The molecule has 2 aromatic carbocycles. The third-order valence-corrected chi connectivity index (χ3v) is 5.76. The molecule has 0 bridgehead atoms. The number of piperidine rings is 1. The van der Waals surface area contributed by atoms with Gasteiger partial charge in [0.1, 0.15) is 11.6 Å². The minimum absolute atomic E-state index is 0.0312. The topological polar surface area (TPSA) is 23.6 Å². The molecule has 0 atom stereocenters. The number of halogens is 2. The van der Waals surface area contributed by atoms with E-state index in [0.29, 0.717) is 18.0 Å². The number of likely N-dealkylation sites (tertiary alicyclic amines) is 1. The average Bonchev–Trinajstić information content (AvgIpc) is 2.97. The first-order valence-electron chi connectivity index (χ1n) is 9.63. The summed E-state index contributed by atoms with van der Waals surface area (Å²) >= 11 is 0. The van der Waals surface area contributed by atoms with E-state index < -0.39 is 0 Å². The van der Waals surface area contributed by atoms with Gasteiger partial charge in [-0.1, -0.05) is 12.1 Å². The fourth-order valence-electron chi connectivity index (χ4n) is 4.14. The predicted molar refractivity (Wildman–Crippen MR) is 100 cm³/mol. The standard InChI is InChI=1S/C22H24F2N2O/c23-19-3-1-16(2-4-19)7-10-25-11-8-17(9-12-25)14-26-15-18-13-20(24)5-6-21(18)22(26)27/h1-6,13,17H,7-12,14-15H2. The molecule has 2 aromatic rings. The molecule has 1 amide bonds. The number of hydrogen-bond acceptors (Lipinski definition) is 2. The molecule has 0 aliphatic carbocycles. The van der Waals surface area contributed by atoms with Crippen LogP contribution >= 0.6 is 0 Å². The number of benzene rings is 2. The first-order chi connectivity index (χ1) is 13.1. The zero-order valence-electron chi connectivity index (χ0n) is 15.3. The van der Waals surface area contributed by atoms with E-state index >= 15 is 0 Å². The lowest BCUT2D eigenvalue weighted by atomic mass is 9.96. The SMILES string of the molecule is O=C1c2ccc(F)cc2CN1CC1CCN(CCc2ccc(F)cc2)CC1. The summed E-state index contributed by atoms with van der Waals surface area (Å²) in [5.41, 5.74) is 2.61. The largest absolute Gasteiger partial charge is 0.334 e. The van der Waals surface area contributed by atoms with Crippen molar-refractivity contribution in [2.24, 2.45) is 5.92 Å². The van der Waals surface area contributed by atoms with Crippen molar-refractivity contribution in [1.29, 1.82) is 0 Å². The van der Waals surface area contributed by atoms with Gasteiger partial charge in [-0.2, -0.15) is 0 Å². The second kappa shape index (κ2) is 7.77. The molecule has 142 valence electrons. The Bertz CT molecular complexity index is 814. The maximum atomic E-state index is 13.4. The molecule has 0 spiro atoms. The van der Waals surface area contributed by atoms with Crippen molar-refractivity contribution in [2.45, 2.75) is 25.8 Å². The lowest BCUT2D eigenvalue weighted by Crippen LogP contribution is -2.39. The molecule has 1 fully saturated rings.